The van der Waals surface area contributed by atoms with E-state index in [1.165, 1.54) is 25.8 Å². The summed E-state index contributed by atoms with van der Waals surface area (Å²) in [6, 6.07) is 5.18. The van der Waals surface area contributed by atoms with Gasteiger partial charge in [-0.15, -0.1) is 0 Å². The molecular formula is C28H48N6O3. The van der Waals surface area contributed by atoms with Gasteiger partial charge in [0.2, 0.25) is 0 Å². The molecule has 0 aromatic carbocycles. The number of hydrogen-bond acceptors (Lipinski definition) is 9. The van der Waals surface area contributed by atoms with Crippen molar-refractivity contribution in [3.8, 4) is 0 Å². The fourth-order valence-electron chi connectivity index (χ4n) is 5.78. The van der Waals surface area contributed by atoms with Crippen molar-refractivity contribution < 1.29 is 13.8 Å². The quantitative estimate of drug-likeness (QED) is 0.352. The second-order valence-electron chi connectivity index (χ2n) is 11.1. The lowest BCUT2D eigenvalue weighted by atomic mass is 9.98. The lowest BCUT2D eigenvalue weighted by molar-refractivity contribution is -0.0222. The first-order chi connectivity index (χ1) is 18.0. The molecule has 9 nitrogen and oxygen atoms in total. The summed E-state index contributed by atoms with van der Waals surface area (Å²) in [6.45, 7) is 14.5. The molecule has 0 radical (unpaired) electrons. The van der Waals surface area contributed by atoms with Gasteiger partial charge >= 0.3 is 0 Å². The Morgan fingerprint density at radius 3 is 1.86 bits per heavy atom. The first-order valence-corrected chi connectivity index (χ1v) is 14.3. The predicted molar refractivity (Wildman–Crippen MR) is 145 cm³/mol. The lowest BCUT2D eigenvalue weighted by Gasteiger charge is -2.50. The normalized spacial score (nSPS) is 22.7. The van der Waals surface area contributed by atoms with Crippen LogP contribution in [0.3, 0.4) is 0 Å². The monoisotopic (exact) mass is 516 g/mol. The van der Waals surface area contributed by atoms with Gasteiger partial charge in [0.1, 0.15) is 11.5 Å². The van der Waals surface area contributed by atoms with Crippen molar-refractivity contribution in [1.29, 1.82) is 0 Å². The second kappa shape index (κ2) is 14.4. The molecule has 0 bridgehead atoms. The Kier molecular flexibility index (Phi) is 11.0. The average molecular weight is 517 g/mol. The summed E-state index contributed by atoms with van der Waals surface area (Å²) >= 11 is 0. The zero-order chi connectivity index (χ0) is 26.0. The van der Waals surface area contributed by atoms with Crippen LogP contribution in [0.2, 0.25) is 0 Å². The summed E-state index contributed by atoms with van der Waals surface area (Å²) in [6.07, 6.45) is 6.57. The molecular weight excluding hydrogens is 468 g/mol. The summed E-state index contributed by atoms with van der Waals surface area (Å²) in [5, 5.41) is 8.21. The van der Waals surface area contributed by atoms with E-state index in [0.717, 1.165) is 101 Å². The SMILES string of the molecule is Cc1cc(CCCCCN2CCN(C)CC2C2CN(C)CCN2CCOCCCc2cc(C)on2)no1. The van der Waals surface area contributed by atoms with Crippen LogP contribution in [0, 0.1) is 13.8 Å². The van der Waals surface area contributed by atoms with Crippen LogP contribution >= 0.6 is 0 Å². The Morgan fingerprint density at radius 1 is 0.730 bits per heavy atom. The number of aromatic nitrogens is 2. The van der Waals surface area contributed by atoms with E-state index < -0.39 is 0 Å². The van der Waals surface area contributed by atoms with E-state index in [1.807, 2.05) is 19.9 Å². The molecule has 2 aromatic rings. The molecule has 0 saturated carbocycles. The number of rotatable bonds is 14. The van der Waals surface area contributed by atoms with Gasteiger partial charge in [-0.3, -0.25) is 9.80 Å². The Balaban J connectivity index is 1.22. The number of ether oxygens (including phenoxy) is 1. The number of hydrogen-bond donors (Lipinski definition) is 0. The molecule has 4 rings (SSSR count). The molecule has 0 spiro atoms. The van der Waals surface area contributed by atoms with Crippen molar-refractivity contribution >= 4 is 0 Å². The molecule has 2 fully saturated rings. The Labute approximate surface area is 223 Å². The summed E-state index contributed by atoms with van der Waals surface area (Å²) in [5.41, 5.74) is 2.11. The minimum atomic E-state index is 0.543. The van der Waals surface area contributed by atoms with E-state index in [-0.39, 0.29) is 0 Å². The van der Waals surface area contributed by atoms with E-state index in [1.54, 1.807) is 0 Å². The van der Waals surface area contributed by atoms with Crippen molar-refractivity contribution in [3.05, 3.63) is 35.0 Å². The minimum absolute atomic E-state index is 0.543. The third kappa shape index (κ3) is 8.89. The number of likely N-dealkylation sites (N-methyl/N-ethyl adjacent to an activating group) is 2. The molecule has 0 N–H and O–H groups in total. The van der Waals surface area contributed by atoms with Crippen LogP contribution in [-0.4, -0.2) is 122 Å². The molecule has 9 heteroatoms. The third-order valence-corrected chi connectivity index (χ3v) is 7.89. The van der Waals surface area contributed by atoms with Gasteiger partial charge in [-0.05, 0) is 66.6 Å². The van der Waals surface area contributed by atoms with Gasteiger partial charge in [0, 0.05) is 76.6 Å². The summed E-state index contributed by atoms with van der Waals surface area (Å²) in [4.78, 5) is 10.5. The van der Waals surface area contributed by atoms with Crippen molar-refractivity contribution in [1.82, 2.24) is 29.9 Å². The summed E-state index contributed by atoms with van der Waals surface area (Å²) in [7, 11) is 4.55. The predicted octanol–water partition coefficient (Wildman–Crippen LogP) is 2.87. The molecule has 2 aliphatic heterocycles. The van der Waals surface area contributed by atoms with E-state index in [0.29, 0.717) is 12.1 Å². The van der Waals surface area contributed by atoms with Crippen molar-refractivity contribution in [3.63, 3.8) is 0 Å². The smallest absolute Gasteiger partial charge is 0.133 e. The van der Waals surface area contributed by atoms with Crippen LogP contribution in [0.5, 0.6) is 0 Å². The Morgan fingerprint density at radius 2 is 1.30 bits per heavy atom. The standard InChI is InChI=1S/C28H48N6O3/c1-23-19-25(29-36-23)9-6-5-7-11-33-14-12-31(3)21-27(33)28-22-32(4)13-15-34(28)16-18-35-17-8-10-26-20-24(2)37-30-26/h19-20,27-28H,5-18,21-22H2,1-4H3. The molecule has 2 aliphatic rings. The highest BCUT2D eigenvalue weighted by molar-refractivity contribution is 5.04. The van der Waals surface area contributed by atoms with Crippen LogP contribution < -0.4 is 0 Å². The van der Waals surface area contributed by atoms with Crippen LogP contribution in [0.15, 0.2) is 21.2 Å². The largest absolute Gasteiger partial charge is 0.380 e. The van der Waals surface area contributed by atoms with Crippen LogP contribution in [-0.2, 0) is 17.6 Å². The maximum Gasteiger partial charge on any atom is 0.133 e. The maximum absolute atomic E-state index is 6.06. The lowest BCUT2D eigenvalue weighted by Crippen LogP contribution is -2.66. The molecule has 0 amide bonds. The fraction of sp³-hybridized carbons (Fsp3) is 0.786. The van der Waals surface area contributed by atoms with E-state index >= 15 is 0 Å². The first kappa shape index (κ1) is 28.2. The highest BCUT2D eigenvalue weighted by Crippen LogP contribution is 2.21. The number of aryl methyl sites for hydroxylation is 4. The van der Waals surface area contributed by atoms with Crippen molar-refractivity contribution in [2.75, 3.05) is 79.7 Å². The third-order valence-electron chi connectivity index (χ3n) is 7.89. The van der Waals surface area contributed by atoms with E-state index in [2.05, 4.69) is 50.1 Å². The molecule has 2 saturated heterocycles. The van der Waals surface area contributed by atoms with E-state index in [4.69, 9.17) is 13.8 Å². The van der Waals surface area contributed by atoms with Gasteiger partial charge in [0.25, 0.3) is 0 Å². The van der Waals surface area contributed by atoms with Gasteiger partial charge in [-0.25, -0.2) is 0 Å². The van der Waals surface area contributed by atoms with Crippen LogP contribution in [0.25, 0.3) is 0 Å². The van der Waals surface area contributed by atoms with E-state index in [9.17, 15) is 0 Å². The van der Waals surface area contributed by atoms with Gasteiger partial charge in [0.15, 0.2) is 0 Å². The van der Waals surface area contributed by atoms with Crippen LogP contribution in [0.1, 0.15) is 48.6 Å². The molecule has 2 atom stereocenters. The minimum Gasteiger partial charge on any atom is -0.380 e. The van der Waals surface area contributed by atoms with Crippen LogP contribution in [0.4, 0.5) is 0 Å². The van der Waals surface area contributed by atoms with Gasteiger partial charge in [-0.2, -0.15) is 0 Å². The molecule has 2 unspecified atom stereocenters. The molecule has 0 aliphatic carbocycles. The molecule has 2 aromatic heterocycles. The zero-order valence-electron chi connectivity index (χ0n) is 23.5. The number of piperazine rings is 2. The van der Waals surface area contributed by atoms with Gasteiger partial charge in [-0.1, -0.05) is 16.7 Å². The Bertz CT molecular complexity index is 917. The number of unbranched alkanes of at least 4 members (excludes halogenated alkanes) is 2. The van der Waals surface area contributed by atoms with Gasteiger partial charge < -0.3 is 23.6 Å². The topological polar surface area (TPSA) is 74.2 Å². The van der Waals surface area contributed by atoms with Gasteiger partial charge in [0.05, 0.1) is 18.0 Å². The molecule has 208 valence electrons. The average Bonchev–Trinajstić information content (AvgIpc) is 3.49. The maximum atomic E-state index is 6.06. The summed E-state index contributed by atoms with van der Waals surface area (Å²) < 4.78 is 16.4. The highest BCUT2D eigenvalue weighted by atomic mass is 16.5. The fourth-order valence-corrected chi connectivity index (χ4v) is 5.78. The second-order valence-corrected chi connectivity index (χ2v) is 11.1. The van der Waals surface area contributed by atoms with Crippen molar-refractivity contribution in [2.24, 2.45) is 0 Å². The summed E-state index contributed by atoms with van der Waals surface area (Å²) in [5.74, 6) is 1.78. The first-order valence-electron chi connectivity index (χ1n) is 14.3. The Hall–Kier alpha value is -1.78. The zero-order valence-corrected chi connectivity index (χ0v) is 23.5. The molecule has 4 heterocycles. The highest BCUT2D eigenvalue weighted by Gasteiger charge is 2.37. The molecule has 37 heavy (non-hydrogen) atoms. The number of nitrogens with zero attached hydrogens (tertiary/aromatic N) is 6. The van der Waals surface area contributed by atoms with Crippen molar-refractivity contribution in [2.45, 2.75) is 64.5 Å².